The first-order valence-corrected chi connectivity index (χ1v) is 24.4. The fourth-order valence-electron chi connectivity index (χ4n) is 10.3. The number of amides is 2. The number of nitrogens with zero attached hydrogens (tertiary/aromatic N) is 5. The third-order valence-electron chi connectivity index (χ3n) is 14.2. The Morgan fingerprint density at radius 2 is 0.932 bits per heavy atom. The van der Waals surface area contributed by atoms with Crippen molar-refractivity contribution in [2.45, 2.75) is 128 Å². The summed E-state index contributed by atoms with van der Waals surface area (Å²) in [7, 11) is 1.70. The maximum Gasteiger partial charge on any atom is 0.335 e. The van der Waals surface area contributed by atoms with Crippen LogP contribution < -0.4 is 27.8 Å². The number of nitrogens with one attached hydrogen (secondary N) is 1. The van der Waals surface area contributed by atoms with Crippen LogP contribution in [0.2, 0.25) is 0 Å². The molecule has 0 saturated carbocycles. The van der Waals surface area contributed by atoms with E-state index >= 15 is 0 Å². The number of aromatic nitrogens is 4. The number of likely N-dealkylation sites (N-methyl/N-ethyl adjacent to an activating group) is 1. The zero-order chi connectivity index (χ0) is 51.4. The van der Waals surface area contributed by atoms with Gasteiger partial charge in [-0.1, -0.05) is 135 Å². The molecule has 4 fully saturated rings. The summed E-state index contributed by atoms with van der Waals surface area (Å²) in [6, 6.07) is 37.3. The second-order valence-electron chi connectivity index (χ2n) is 18.7. The largest absolute Gasteiger partial charge is 0.368 e. The monoisotopic (exact) mass is 996 g/mol. The molecular weight excluding hydrogens is 937 g/mol. The Balaban J connectivity index is 0.000000180. The van der Waals surface area contributed by atoms with Crippen LogP contribution in [0.1, 0.15) is 72.5 Å². The lowest BCUT2D eigenvalue weighted by Crippen LogP contribution is -2.52. The highest BCUT2D eigenvalue weighted by Gasteiger charge is 2.69. The van der Waals surface area contributed by atoms with Crippen LogP contribution in [-0.4, -0.2) is 77.5 Å². The van der Waals surface area contributed by atoms with Crippen LogP contribution in [-0.2, 0) is 77.9 Å². The van der Waals surface area contributed by atoms with Gasteiger partial charge < -0.3 is 38.6 Å². The van der Waals surface area contributed by atoms with Crippen LogP contribution in [0.3, 0.4) is 0 Å². The molecule has 2 aromatic heterocycles. The summed E-state index contributed by atoms with van der Waals surface area (Å²) in [5, 5.41) is 2.96. The molecule has 6 heterocycles. The lowest BCUT2D eigenvalue weighted by Gasteiger charge is -2.34. The van der Waals surface area contributed by atoms with Crippen LogP contribution in [0.15, 0.2) is 153 Å². The Bertz CT molecular complexity index is 3160. The summed E-state index contributed by atoms with van der Waals surface area (Å²) in [6.07, 6.45) is 0.929. The highest BCUT2D eigenvalue weighted by Crippen LogP contribution is 2.50. The lowest BCUT2D eigenvalue weighted by molar-refractivity contribution is -0.178. The van der Waals surface area contributed by atoms with E-state index < -0.39 is 70.4 Å². The number of morpholine rings is 2. The molecule has 10 rings (SSSR count). The fraction of sp³-hybridized carbons (Fsp3) is 0.382. The maximum absolute atomic E-state index is 13.5. The average Bonchev–Trinajstić information content (AvgIpc) is 4.07. The van der Waals surface area contributed by atoms with Gasteiger partial charge in [-0.05, 0) is 48.9 Å². The van der Waals surface area contributed by atoms with Crippen LogP contribution in [0.5, 0.6) is 0 Å². The van der Waals surface area contributed by atoms with Crippen LogP contribution in [0.25, 0.3) is 0 Å². The highest BCUT2D eigenvalue weighted by atomic mass is 16.6. The molecule has 73 heavy (non-hydrogen) atoms. The second kappa shape index (κ2) is 21.6. The van der Waals surface area contributed by atoms with Gasteiger partial charge in [-0.15, -0.1) is 0 Å². The maximum atomic E-state index is 13.5. The van der Waals surface area contributed by atoms with E-state index in [4.69, 9.17) is 28.4 Å². The topological polar surface area (TPSA) is 193 Å². The Labute approximate surface area is 421 Å². The lowest BCUT2D eigenvalue weighted by atomic mass is 9.95. The number of hydrogen-bond acceptors (Lipinski definition) is 12. The van der Waals surface area contributed by atoms with E-state index in [0.717, 1.165) is 31.4 Å². The molecule has 382 valence electrons. The molecule has 0 spiro atoms. The SMILES string of the molecule is CC[C@@]12O[C@@H](n3cc(C)c(=O)n(COCc4ccccc4)c3=O)[C@H](C1OCc1ccccc1)N(C)C2=O.CC[C@]12O[C@@H](n3cc(C)c(=O)n(COCc4ccccc4)c3=O)[C@@H](NC1=O)C2OCc1ccccc1. The minimum absolute atomic E-state index is 0.168. The number of hydrogen-bond donors (Lipinski definition) is 1. The van der Waals surface area contributed by atoms with Gasteiger partial charge in [-0.2, -0.15) is 0 Å². The summed E-state index contributed by atoms with van der Waals surface area (Å²) in [5.41, 5.74) is 0.123. The van der Waals surface area contributed by atoms with Gasteiger partial charge in [-0.25, -0.2) is 18.7 Å². The molecule has 8 atom stereocenters. The molecule has 18 heteroatoms. The molecule has 1 N–H and O–H groups in total. The van der Waals surface area contributed by atoms with Crippen molar-refractivity contribution >= 4 is 11.8 Å². The van der Waals surface area contributed by atoms with Crippen molar-refractivity contribution in [3.63, 3.8) is 0 Å². The van der Waals surface area contributed by atoms with Gasteiger partial charge in [0.25, 0.3) is 22.9 Å². The minimum atomic E-state index is -1.22. The van der Waals surface area contributed by atoms with Gasteiger partial charge in [0.2, 0.25) is 0 Å². The molecule has 4 aliphatic heterocycles. The molecule has 4 aliphatic rings. The molecule has 4 aromatic carbocycles. The third-order valence-corrected chi connectivity index (χ3v) is 14.2. The summed E-state index contributed by atoms with van der Waals surface area (Å²) in [5.74, 6) is -0.424. The second-order valence-corrected chi connectivity index (χ2v) is 18.7. The van der Waals surface area contributed by atoms with Crippen molar-refractivity contribution in [2.24, 2.45) is 0 Å². The number of carbonyl (C=O) groups is 2. The van der Waals surface area contributed by atoms with E-state index in [-0.39, 0.29) is 38.5 Å². The fourth-order valence-corrected chi connectivity index (χ4v) is 10.3. The number of likely N-dealkylation sites (tertiary alicyclic amines) is 1. The molecular formula is C55H60N6O12. The number of rotatable bonds is 18. The molecule has 4 saturated heterocycles. The number of ether oxygens (including phenoxy) is 6. The summed E-state index contributed by atoms with van der Waals surface area (Å²) < 4.78 is 41.4. The van der Waals surface area contributed by atoms with Crippen LogP contribution in [0, 0.1) is 13.8 Å². The van der Waals surface area contributed by atoms with Gasteiger partial charge in [0.05, 0.1) is 26.4 Å². The van der Waals surface area contributed by atoms with Gasteiger partial charge in [-0.3, -0.25) is 28.3 Å². The Kier molecular flexibility index (Phi) is 15.0. The Morgan fingerprint density at radius 3 is 1.37 bits per heavy atom. The molecule has 2 unspecified atom stereocenters. The van der Waals surface area contributed by atoms with Crippen molar-refractivity contribution < 1.29 is 38.0 Å². The predicted octanol–water partition coefficient (Wildman–Crippen LogP) is 4.85. The molecule has 0 radical (unpaired) electrons. The zero-order valence-electron chi connectivity index (χ0n) is 41.5. The van der Waals surface area contributed by atoms with Gasteiger partial charge in [0.15, 0.2) is 23.7 Å². The summed E-state index contributed by atoms with van der Waals surface area (Å²) >= 11 is 0. The molecule has 0 aliphatic carbocycles. The van der Waals surface area contributed by atoms with Crippen molar-refractivity contribution in [3.05, 3.63) is 209 Å². The minimum Gasteiger partial charge on any atom is -0.368 e. The molecule has 6 aromatic rings. The zero-order valence-corrected chi connectivity index (χ0v) is 41.5. The van der Waals surface area contributed by atoms with E-state index in [9.17, 15) is 28.8 Å². The van der Waals surface area contributed by atoms with Gasteiger partial charge in [0, 0.05) is 30.6 Å². The van der Waals surface area contributed by atoms with Crippen LogP contribution in [0.4, 0.5) is 0 Å². The first-order chi connectivity index (χ1) is 35.3. The Hall–Kier alpha value is -7.06. The van der Waals surface area contributed by atoms with Gasteiger partial charge >= 0.3 is 11.4 Å². The van der Waals surface area contributed by atoms with Crippen molar-refractivity contribution in [3.8, 4) is 0 Å². The van der Waals surface area contributed by atoms with Crippen LogP contribution >= 0.6 is 0 Å². The summed E-state index contributed by atoms with van der Waals surface area (Å²) in [6.45, 7) is 7.73. The van der Waals surface area contributed by atoms with E-state index in [1.165, 1.54) is 21.5 Å². The standard InChI is InChI=1S/C28H31N3O6.C27H29N3O6/c1-4-28-23(36-17-21-13-9-6-10-14-21)22(29(3)26(28)33)25(37-28)30-15-19(2)24(32)31(27(30)34)18-35-16-20-11-7-5-8-12-20;1-3-27-22(35-16-20-12-8-5-9-13-20)21(28-25(27)32)24(36-27)29-14-18(2)23(31)30(26(29)33)17-34-15-19-10-6-4-7-11-19/h5-15,22-23,25H,4,16-18H2,1-3H3;4-14,21-22,24H,3,15-17H2,1-2H3,(H,28,32)/t22-,23?,25+,28+;21-,22?,24+,27+/m00/s1. The van der Waals surface area contributed by atoms with Gasteiger partial charge in [0.1, 0.15) is 37.8 Å². The Morgan fingerprint density at radius 1 is 0.534 bits per heavy atom. The normalized spacial score (nSPS) is 24.7. The number of benzene rings is 4. The number of carbonyl (C=O) groups excluding carboxylic acids is 2. The highest BCUT2D eigenvalue weighted by molar-refractivity contribution is 5.90. The first kappa shape index (κ1) is 50.9. The molecule has 4 bridgehead atoms. The van der Waals surface area contributed by atoms with E-state index in [0.29, 0.717) is 37.2 Å². The van der Waals surface area contributed by atoms with E-state index in [1.54, 1.807) is 25.8 Å². The average molecular weight is 997 g/mol. The number of fused-ring (bicyclic) bond motifs is 4. The van der Waals surface area contributed by atoms with E-state index in [1.807, 2.05) is 135 Å². The molecule has 2 amide bonds. The van der Waals surface area contributed by atoms with E-state index in [2.05, 4.69) is 5.32 Å². The summed E-state index contributed by atoms with van der Waals surface area (Å²) in [4.78, 5) is 80.3. The van der Waals surface area contributed by atoms with Crippen molar-refractivity contribution in [1.82, 2.24) is 28.5 Å². The number of aryl methyl sites for hydroxylation is 2. The third kappa shape index (κ3) is 9.69. The van der Waals surface area contributed by atoms with Crippen molar-refractivity contribution in [1.29, 1.82) is 0 Å². The first-order valence-electron chi connectivity index (χ1n) is 24.4. The van der Waals surface area contributed by atoms with Crippen molar-refractivity contribution in [2.75, 3.05) is 7.05 Å². The predicted molar refractivity (Wildman–Crippen MR) is 267 cm³/mol. The smallest absolute Gasteiger partial charge is 0.335 e. The quantitative estimate of drug-likeness (QED) is 0.123. The molecule has 18 nitrogen and oxygen atoms in total.